The number of hydrogen-bond acceptors (Lipinski definition) is 3. The number of carbonyl (C=O) groups excluding carboxylic acids is 1. The molecule has 100 valence electrons. The van der Waals surface area contributed by atoms with Gasteiger partial charge in [0.25, 0.3) is 0 Å². The van der Waals surface area contributed by atoms with Crippen molar-refractivity contribution in [2.75, 3.05) is 6.61 Å². The summed E-state index contributed by atoms with van der Waals surface area (Å²) in [4.78, 5) is 11.8. The van der Waals surface area contributed by atoms with Crippen molar-refractivity contribution >= 4 is 5.78 Å². The lowest BCUT2D eigenvalue weighted by atomic mass is 9.56. The molecule has 3 rings (SSSR count). The van der Waals surface area contributed by atoms with Gasteiger partial charge in [0.1, 0.15) is 0 Å². The van der Waals surface area contributed by atoms with E-state index in [1.54, 1.807) is 6.08 Å². The quantitative estimate of drug-likeness (QED) is 0.755. The molecule has 3 heteroatoms. The van der Waals surface area contributed by atoms with Crippen LogP contribution in [0, 0.1) is 23.7 Å². The van der Waals surface area contributed by atoms with E-state index < -0.39 is 0 Å². The van der Waals surface area contributed by atoms with Gasteiger partial charge in [0.15, 0.2) is 12.1 Å². The van der Waals surface area contributed by atoms with Crippen LogP contribution >= 0.6 is 0 Å². The summed E-state index contributed by atoms with van der Waals surface area (Å²) in [5.74, 6) is 1.74. The van der Waals surface area contributed by atoms with Gasteiger partial charge >= 0.3 is 0 Å². The monoisotopic (exact) mass is 250 g/mol. The summed E-state index contributed by atoms with van der Waals surface area (Å²) in [7, 11) is 0. The molecule has 0 spiro atoms. The third kappa shape index (κ3) is 1.94. The first-order valence-electron chi connectivity index (χ1n) is 7.17. The molecule has 2 fully saturated rings. The summed E-state index contributed by atoms with van der Waals surface area (Å²) in [6, 6.07) is 0. The largest absolute Gasteiger partial charge is 0.353 e. The van der Waals surface area contributed by atoms with Crippen molar-refractivity contribution in [3.63, 3.8) is 0 Å². The first-order valence-corrected chi connectivity index (χ1v) is 7.17. The highest BCUT2D eigenvalue weighted by Crippen LogP contribution is 2.50. The van der Waals surface area contributed by atoms with Crippen LogP contribution in [0.3, 0.4) is 0 Å². The Kier molecular flexibility index (Phi) is 3.29. The molecule has 3 nitrogen and oxygen atoms in total. The number of rotatable bonds is 2. The van der Waals surface area contributed by atoms with Crippen molar-refractivity contribution in [1.29, 1.82) is 0 Å². The Bertz CT molecular complexity index is 357. The molecule has 18 heavy (non-hydrogen) atoms. The lowest BCUT2D eigenvalue weighted by Crippen LogP contribution is -2.57. The summed E-state index contributed by atoms with van der Waals surface area (Å²) in [5, 5.41) is 0. The van der Waals surface area contributed by atoms with Crippen LogP contribution < -0.4 is 0 Å². The van der Waals surface area contributed by atoms with Gasteiger partial charge in [0.05, 0.1) is 6.10 Å². The molecule has 4 unspecified atom stereocenters. The van der Waals surface area contributed by atoms with Gasteiger partial charge in [-0.3, -0.25) is 4.79 Å². The third-order valence-electron chi connectivity index (χ3n) is 4.90. The van der Waals surface area contributed by atoms with Crippen molar-refractivity contribution < 1.29 is 14.3 Å². The number of ketones is 1. The molecular formula is C15H22O3. The third-order valence-corrected chi connectivity index (χ3v) is 4.90. The summed E-state index contributed by atoms with van der Waals surface area (Å²) in [6.07, 6.45) is 7.33. The molecule has 0 aromatic carbocycles. The zero-order valence-corrected chi connectivity index (χ0v) is 11.2. The van der Waals surface area contributed by atoms with E-state index in [4.69, 9.17) is 9.47 Å². The average molecular weight is 250 g/mol. The van der Waals surface area contributed by atoms with Gasteiger partial charge in [-0.05, 0) is 37.2 Å². The van der Waals surface area contributed by atoms with Crippen LogP contribution in [0.4, 0.5) is 0 Å². The number of allylic oxidation sites excluding steroid dienone is 2. The van der Waals surface area contributed by atoms with Crippen molar-refractivity contribution in [3.8, 4) is 0 Å². The molecule has 1 saturated heterocycles. The highest BCUT2D eigenvalue weighted by molar-refractivity contribution is 5.93. The lowest BCUT2D eigenvalue weighted by Gasteiger charge is -2.53. The minimum absolute atomic E-state index is 0.0413. The first-order chi connectivity index (χ1) is 8.68. The summed E-state index contributed by atoms with van der Waals surface area (Å²) < 4.78 is 11.8. The van der Waals surface area contributed by atoms with E-state index in [9.17, 15) is 4.79 Å². The Morgan fingerprint density at radius 2 is 2.17 bits per heavy atom. The van der Waals surface area contributed by atoms with E-state index in [1.807, 2.05) is 6.92 Å². The molecule has 1 saturated carbocycles. The van der Waals surface area contributed by atoms with Crippen LogP contribution in [-0.4, -0.2) is 24.8 Å². The fraction of sp³-hybridized carbons (Fsp3) is 0.800. The van der Waals surface area contributed by atoms with E-state index in [0.29, 0.717) is 17.8 Å². The second-order valence-corrected chi connectivity index (χ2v) is 5.96. The molecule has 0 radical (unpaired) electrons. The lowest BCUT2D eigenvalue weighted by molar-refractivity contribution is -0.249. The smallest absolute Gasteiger partial charge is 0.158 e. The van der Waals surface area contributed by atoms with Crippen LogP contribution in [-0.2, 0) is 14.3 Å². The number of hydrogen-bond donors (Lipinski definition) is 0. The van der Waals surface area contributed by atoms with Gasteiger partial charge in [-0.2, -0.15) is 0 Å². The van der Waals surface area contributed by atoms with E-state index in [1.165, 1.54) is 6.42 Å². The molecule has 2 aliphatic carbocycles. The summed E-state index contributed by atoms with van der Waals surface area (Å²) in [5.41, 5.74) is 0. The van der Waals surface area contributed by atoms with E-state index in [-0.39, 0.29) is 24.1 Å². The summed E-state index contributed by atoms with van der Waals surface area (Å²) in [6.45, 7) is 5.07. The molecule has 0 bridgehead atoms. The van der Waals surface area contributed by atoms with Crippen molar-refractivity contribution in [2.24, 2.45) is 23.7 Å². The Hall–Kier alpha value is -0.670. The van der Waals surface area contributed by atoms with Gasteiger partial charge in [0.2, 0.25) is 0 Å². The normalized spacial score (nSPS) is 47.6. The minimum atomic E-state index is -0.0413. The standard InChI is InChI=1S/C15H22O3/c1-9-11-6-7-12(16)10(2)14(11)15(9)18-13-5-3-4-8-17-13/h6-7,9-11,13-15H,3-5,8H2,1-2H3/t9-,10?,11?,13?,14?,15+/m0/s1. The van der Waals surface area contributed by atoms with Gasteiger partial charge in [-0.1, -0.05) is 19.9 Å². The maximum atomic E-state index is 11.8. The fourth-order valence-corrected chi connectivity index (χ4v) is 3.67. The molecule has 0 aromatic rings. The van der Waals surface area contributed by atoms with Crippen molar-refractivity contribution in [1.82, 2.24) is 0 Å². The van der Waals surface area contributed by atoms with Gasteiger partial charge in [0, 0.05) is 18.4 Å². The van der Waals surface area contributed by atoms with Crippen LogP contribution in [0.2, 0.25) is 0 Å². The van der Waals surface area contributed by atoms with Crippen molar-refractivity contribution in [2.45, 2.75) is 45.5 Å². The van der Waals surface area contributed by atoms with Crippen LogP contribution in [0.25, 0.3) is 0 Å². The number of carbonyl (C=O) groups is 1. The van der Waals surface area contributed by atoms with Crippen LogP contribution in [0.15, 0.2) is 12.2 Å². The predicted molar refractivity (Wildman–Crippen MR) is 67.9 cm³/mol. The second-order valence-electron chi connectivity index (χ2n) is 5.96. The summed E-state index contributed by atoms with van der Waals surface area (Å²) >= 11 is 0. The van der Waals surface area contributed by atoms with Crippen molar-refractivity contribution in [3.05, 3.63) is 12.2 Å². The Morgan fingerprint density at radius 1 is 1.33 bits per heavy atom. The maximum absolute atomic E-state index is 11.8. The van der Waals surface area contributed by atoms with Crippen LogP contribution in [0.5, 0.6) is 0 Å². The zero-order chi connectivity index (χ0) is 12.7. The maximum Gasteiger partial charge on any atom is 0.158 e. The minimum Gasteiger partial charge on any atom is -0.353 e. The van der Waals surface area contributed by atoms with E-state index in [2.05, 4.69) is 13.0 Å². The number of fused-ring (bicyclic) bond motifs is 1. The Labute approximate surface area is 109 Å². The predicted octanol–water partition coefficient (Wildman–Crippen LogP) is 2.56. The van der Waals surface area contributed by atoms with E-state index in [0.717, 1.165) is 19.4 Å². The molecule has 1 aliphatic heterocycles. The second kappa shape index (κ2) is 4.78. The average Bonchev–Trinajstić information content (AvgIpc) is 2.40. The highest BCUT2D eigenvalue weighted by atomic mass is 16.7. The Balaban J connectivity index is 1.66. The fourth-order valence-electron chi connectivity index (χ4n) is 3.67. The zero-order valence-electron chi connectivity index (χ0n) is 11.2. The molecule has 6 atom stereocenters. The number of ether oxygens (including phenoxy) is 2. The van der Waals surface area contributed by atoms with Crippen LogP contribution in [0.1, 0.15) is 33.1 Å². The molecule has 0 amide bonds. The van der Waals surface area contributed by atoms with Gasteiger partial charge in [-0.15, -0.1) is 0 Å². The highest BCUT2D eigenvalue weighted by Gasteiger charge is 2.53. The van der Waals surface area contributed by atoms with Gasteiger partial charge < -0.3 is 9.47 Å². The van der Waals surface area contributed by atoms with Gasteiger partial charge in [-0.25, -0.2) is 0 Å². The SMILES string of the molecule is CC1C(=O)C=CC2C1[C@H](OC1CCCCO1)[C@H]2C. The van der Waals surface area contributed by atoms with E-state index >= 15 is 0 Å². The molecule has 3 aliphatic rings. The first kappa shape index (κ1) is 12.4. The topological polar surface area (TPSA) is 35.5 Å². The molecule has 1 heterocycles. The Morgan fingerprint density at radius 3 is 2.89 bits per heavy atom. The molecule has 0 N–H and O–H groups in total. The molecular weight excluding hydrogens is 228 g/mol. The molecule has 0 aromatic heterocycles.